The predicted molar refractivity (Wildman–Crippen MR) is 72.8 cm³/mol. The van der Waals surface area contributed by atoms with E-state index in [1.54, 1.807) is 0 Å². The van der Waals surface area contributed by atoms with Crippen molar-refractivity contribution in [3.63, 3.8) is 0 Å². The zero-order valence-electron chi connectivity index (χ0n) is 10.3. The molecule has 0 aliphatic carbocycles. The van der Waals surface area contributed by atoms with Gasteiger partial charge in [-0.05, 0) is 37.1 Å². The molecule has 2 nitrogen and oxygen atoms in total. The van der Waals surface area contributed by atoms with Crippen LogP contribution < -0.4 is 10.9 Å². The third kappa shape index (κ3) is 3.33. The first-order valence-electron chi connectivity index (χ1n) is 5.86. The van der Waals surface area contributed by atoms with Crippen molar-refractivity contribution in [1.29, 1.82) is 0 Å². The van der Waals surface area contributed by atoms with E-state index in [4.69, 9.17) is 0 Å². The number of hydrogen-bond donors (Lipinski definition) is 2. The fourth-order valence-electron chi connectivity index (χ4n) is 1.75. The maximum Gasteiger partial charge on any atom is 0.0487 e. The SMILES string of the molecule is Cc1ccc(C)c(CNNc2ccccc2)c1. The third-order valence-corrected chi connectivity index (χ3v) is 2.79. The Hall–Kier alpha value is -1.80. The van der Waals surface area contributed by atoms with E-state index in [0.717, 1.165) is 12.2 Å². The third-order valence-electron chi connectivity index (χ3n) is 2.79. The van der Waals surface area contributed by atoms with Crippen LogP contribution in [0, 0.1) is 13.8 Å². The number of aryl methyl sites for hydroxylation is 2. The monoisotopic (exact) mass is 226 g/mol. The molecule has 0 amide bonds. The molecule has 0 aliphatic rings. The lowest BCUT2D eigenvalue weighted by molar-refractivity contribution is 0.795. The molecule has 2 rings (SSSR count). The normalized spacial score (nSPS) is 10.2. The van der Waals surface area contributed by atoms with Gasteiger partial charge in [-0.3, -0.25) is 0 Å². The lowest BCUT2D eigenvalue weighted by atomic mass is 10.1. The summed E-state index contributed by atoms with van der Waals surface area (Å²) in [5, 5.41) is 0. The summed E-state index contributed by atoms with van der Waals surface area (Å²) in [5.41, 5.74) is 11.5. The Morgan fingerprint density at radius 3 is 2.47 bits per heavy atom. The molecule has 0 radical (unpaired) electrons. The van der Waals surface area contributed by atoms with Crippen LogP contribution in [0.25, 0.3) is 0 Å². The van der Waals surface area contributed by atoms with Gasteiger partial charge in [0.25, 0.3) is 0 Å². The Kier molecular flexibility index (Phi) is 3.78. The molecule has 0 saturated heterocycles. The molecule has 0 spiro atoms. The molecule has 0 aromatic heterocycles. The largest absolute Gasteiger partial charge is 0.321 e. The quantitative estimate of drug-likeness (QED) is 0.781. The second-order valence-corrected chi connectivity index (χ2v) is 4.27. The first-order chi connectivity index (χ1) is 8.25. The summed E-state index contributed by atoms with van der Waals surface area (Å²) in [7, 11) is 0. The number of hydrogen-bond acceptors (Lipinski definition) is 2. The van der Waals surface area contributed by atoms with Crippen LogP contribution in [0.2, 0.25) is 0 Å². The molecule has 88 valence electrons. The Labute approximate surface area is 103 Å². The highest BCUT2D eigenvalue weighted by atomic mass is 15.3. The summed E-state index contributed by atoms with van der Waals surface area (Å²) in [6.07, 6.45) is 0. The van der Waals surface area contributed by atoms with Gasteiger partial charge in [-0.15, -0.1) is 0 Å². The summed E-state index contributed by atoms with van der Waals surface area (Å²) < 4.78 is 0. The number of nitrogens with one attached hydrogen (secondary N) is 2. The fraction of sp³-hybridized carbons (Fsp3) is 0.200. The summed E-state index contributed by atoms with van der Waals surface area (Å²) in [4.78, 5) is 0. The molecule has 0 saturated carbocycles. The number of rotatable bonds is 4. The van der Waals surface area contributed by atoms with E-state index in [1.807, 2.05) is 30.3 Å². The van der Waals surface area contributed by atoms with Crippen LogP contribution in [0.4, 0.5) is 5.69 Å². The number of anilines is 1. The van der Waals surface area contributed by atoms with E-state index < -0.39 is 0 Å². The number of para-hydroxylation sites is 1. The fourth-order valence-corrected chi connectivity index (χ4v) is 1.75. The predicted octanol–water partition coefficient (Wildman–Crippen LogP) is 3.42. The Balaban J connectivity index is 1.92. The van der Waals surface area contributed by atoms with E-state index in [1.165, 1.54) is 16.7 Å². The minimum absolute atomic E-state index is 0.822. The van der Waals surface area contributed by atoms with Gasteiger partial charge in [0.15, 0.2) is 0 Å². The van der Waals surface area contributed by atoms with Gasteiger partial charge in [-0.25, -0.2) is 5.43 Å². The van der Waals surface area contributed by atoms with E-state index >= 15 is 0 Å². The molecule has 0 unspecified atom stereocenters. The molecule has 0 bridgehead atoms. The van der Waals surface area contributed by atoms with Crippen molar-refractivity contribution in [2.24, 2.45) is 0 Å². The average Bonchev–Trinajstić information content (AvgIpc) is 2.35. The summed E-state index contributed by atoms with van der Waals surface area (Å²) in [5.74, 6) is 0. The highest BCUT2D eigenvalue weighted by Crippen LogP contribution is 2.10. The number of benzene rings is 2. The average molecular weight is 226 g/mol. The number of hydrazine groups is 1. The van der Waals surface area contributed by atoms with Gasteiger partial charge in [0, 0.05) is 12.2 Å². The lowest BCUT2D eigenvalue weighted by Gasteiger charge is -2.10. The van der Waals surface area contributed by atoms with E-state index in [0.29, 0.717) is 0 Å². The molecule has 2 aromatic carbocycles. The zero-order chi connectivity index (χ0) is 12.1. The summed E-state index contributed by atoms with van der Waals surface area (Å²) in [6.45, 7) is 5.08. The molecular formula is C15H18N2. The van der Waals surface area contributed by atoms with Crippen LogP contribution in [0.15, 0.2) is 48.5 Å². The van der Waals surface area contributed by atoms with Crippen molar-refractivity contribution in [3.05, 3.63) is 65.2 Å². The van der Waals surface area contributed by atoms with Crippen LogP contribution in [0.1, 0.15) is 16.7 Å². The second-order valence-electron chi connectivity index (χ2n) is 4.27. The Morgan fingerprint density at radius 1 is 0.941 bits per heavy atom. The van der Waals surface area contributed by atoms with Gasteiger partial charge >= 0.3 is 0 Å². The van der Waals surface area contributed by atoms with Crippen LogP contribution in [-0.4, -0.2) is 0 Å². The molecule has 0 heterocycles. The highest BCUT2D eigenvalue weighted by molar-refractivity contribution is 5.41. The van der Waals surface area contributed by atoms with E-state index in [9.17, 15) is 0 Å². The molecule has 17 heavy (non-hydrogen) atoms. The second kappa shape index (κ2) is 5.51. The van der Waals surface area contributed by atoms with Crippen molar-refractivity contribution in [2.75, 3.05) is 5.43 Å². The lowest BCUT2D eigenvalue weighted by Crippen LogP contribution is -2.21. The minimum Gasteiger partial charge on any atom is -0.321 e. The van der Waals surface area contributed by atoms with Crippen molar-refractivity contribution in [1.82, 2.24) is 5.43 Å². The van der Waals surface area contributed by atoms with Crippen molar-refractivity contribution in [3.8, 4) is 0 Å². The van der Waals surface area contributed by atoms with E-state index in [-0.39, 0.29) is 0 Å². The molecule has 2 N–H and O–H groups in total. The summed E-state index contributed by atoms with van der Waals surface area (Å²) >= 11 is 0. The van der Waals surface area contributed by atoms with Gasteiger partial charge in [0.2, 0.25) is 0 Å². The molecule has 0 fully saturated rings. The molecule has 0 atom stereocenters. The Morgan fingerprint density at radius 2 is 1.71 bits per heavy atom. The standard InChI is InChI=1S/C15H18N2/c1-12-8-9-13(2)14(10-12)11-16-17-15-6-4-3-5-7-15/h3-10,16-17H,11H2,1-2H3. The van der Waals surface area contributed by atoms with Crippen LogP contribution in [0.5, 0.6) is 0 Å². The van der Waals surface area contributed by atoms with Gasteiger partial charge in [-0.1, -0.05) is 42.0 Å². The summed E-state index contributed by atoms with van der Waals surface area (Å²) in [6, 6.07) is 16.6. The van der Waals surface area contributed by atoms with Crippen molar-refractivity contribution < 1.29 is 0 Å². The van der Waals surface area contributed by atoms with Gasteiger partial charge in [0.1, 0.15) is 0 Å². The highest BCUT2D eigenvalue weighted by Gasteiger charge is 1.98. The first kappa shape index (κ1) is 11.7. The van der Waals surface area contributed by atoms with Crippen molar-refractivity contribution >= 4 is 5.69 Å². The van der Waals surface area contributed by atoms with Gasteiger partial charge in [0.05, 0.1) is 0 Å². The minimum atomic E-state index is 0.822. The first-order valence-corrected chi connectivity index (χ1v) is 5.86. The van der Waals surface area contributed by atoms with Crippen LogP contribution in [-0.2, 0) is 6.54 Å². The molecule has 2 heteroatoms. The van der Waals surface area contributed by atoms with Crippen molar-refractivity contribution in [2.45, 2.75) is 20.4 Å². The van der Waals surface area contributed by atoms with Gasteiger partial charge < -0.3 is 5.43 Å². The Bertz CT molecular complexity index is 478. The topological polar surface area (TPSA) is 24.1 Å². The maximum atomic E-state index is 3.24. The van der Waals surface area contributed by atoms with Crippen LogP contribution in [0.3, 0.4) is 0 Å². The maximum absolute atomic E-state index is 3.24. The van der Waals surface area contributed by atoms with E-state index in [2.05, 4.69) is 42.9 Å². The zero-order valence-corrected chi connectivity index (χ0v) is 10.3. The molecule has 2 aromatic rings. The molecule has 0 aliphatic heterocycles. The van der Waals surface area contributed by atoms with Gasteiger partial charge in [-0.2, -0.15) is 0 Å². The smallest absolute Gasteiger partial charge is 0.0487 e. The molecular weight excluding hydrogens is 208 g/mol. The van der Waals surface area contributed by atoms with Crippen LogP contribution >= 0.6 is 0 Å².